The molecule has 0 spiro atoms. The molecule has 0 amide bonds. The van der Waals surface area contributed by atoms with Gasteiger partial charge in [0.2, 0.25) is 11.9 Å². The van der Waals surface area contributed by atoms with Crippen LogP contribution in [0.15, 0.2) is 35.0 Å². The lowest BCUT2D eigenvalue weighted by molar-refractivity contribution is -0.671. The molecule has 0 saturated carbocycles. The van der Waals surface area contributed by atoms with Gasteiger partial charge < -0.3 is 9.63 Å². The first kappa shape index (κ1) is 12.5. The molecule has 0 fully saturated rings. The Morgan fingerprint density at radius 2 is 2.17 bits per heavy atom. The third kappa shape index (κ3) is 3.05. The SMILES string of the molecule is CS(=O)(=O)OCc1ccccc1-[n+]1cc([O-])on1. The summed E-state index contributed by atoms with van der Waals surface area (Å²) >= 11 is 0. The molecule has 0 aliphatic rings. The summed E-state index contributed by atoms with van der Waals surface area (Å²) in [5.41, 5.74) is 1.09. The van der Waals surface area contributed by atoms with E-state index in [0.29, 0.717) is 11.3 Å². The molecule has 0 unspecified atom stereocenters. The Hall–Kier alpha value is -1.93. The van der Waals surface area contributed by atoms with Gasteiger partial charge >= 0.3 is 0 Å². The number of rotatable bonds is 4. The summed E-state index contributed by atoms with van der Waals surface area (Å²) in [6.07, 6.45) is 2.12. The van der Waals surface area contributed by atoms with Crippen LogP contribution in [0.1, 0.15) is 5.56 Å². The van der Waals surface area contributed by atoms with Gasteiger partial charge in [-0.1, -0.05) is 12.1 Å². The van der Waals surface area contributed by atoms with Crippen LogP contribution in [0, 0.1) is 0 Å². The van der Waals surface area contributed by atoms with Crippen LogP contribution in [0.4, 0.5) is 0 Å². The lowest BCUT2D eigenvalue weighted by Gasteiger charge is -2.02. The van der Waals surface area contributed by atoms with E-state index in [1.165, 1.54) is 4.68 Å². The van der Waals surface area contributed by atoms with Gasteiger partial charge in [-0.3, -0.25) is 4.18 Å². The van der Waals surface area contributed by atoms with Crippen LogP contribution in [0.25, 0.3) is 5.69 Å². The number of hydrogen-bond donors (Lipinski definition) is 0. The highest BCUT2D eigenvalue weighted by atomic mass is 32.2. The van der Waals surface area contributed by atoms with Gasteiger partial charge in [0, 0.05) is 6.07 Å². The maximum absolute atomic E-state index is 10.9. The predicted octanol–water partition coefficient (Wildman–Crippen LogP) is -0.499. The Labute approximate surface area is 103 Å². The first-order chi connectivity index (χ1) is 8.46. The van der Waals surface area contributed by atoms with Crippen molar-refractivity contribution in [3.05, 3.63) is 36.0 Å². The third-order valence-electron chi connectivity index (χ3n) is 2.11. The van der Waals surface area contributed by atoms with Crippen LogP contribution in [0.5, 0.6) is 5.95 Å². The topological polar surface area (TPSA) is 96.3 Å². The normalized spacial score (nSPS) is 11.6. The number of benzene rings is 1. The number of aromatic nitrogens is 2. The maximum Gasteiger partial charge on any atom is 0.264 e. The lowest BCUT2D eigenvalue weighted by Crippen LogP contribution is -2.33. The molecule has 0 aliphatic carbocycles. The molecule has 1 aromatic heterocycles. The van der Waals surface area contributed by atoms with E-state index in [1.807, 2.05) is 0 Å². The third-order valence-corrected chi connectivity index (χ3v) is 2.66. The largest absolute Gasteiger partial charge is 0.539 e. The summed E-state index contributed by atoms with van der Waals surface area (Å²) in [6, 6.07) is 6.80. The van der Waals surface area contributed by atoms with E-state index in [1.54, 1.807) is 24.3 Å². The van der Waals surface area contributed by atoms with Gasteiger partial charge in [-0.25, -0.2) is 0 Å². The number of nitrogens with zero attached hydrogens (tertiary/aromatic N) is 2. The first-order valence-electron chi connectivity index (χ1n) is 4.94. The van der Waals surface area contributed by atoms with Crippen molar-refractivity contribution in [3.63, 3.8) is 0 Å². The van der Waals surface area contributed by atoms with E-state index in [9.17, 15) is 13.5 Å². The van der Waals surface area contributed by atoms with Gasteiger partial charge in [0.1, 0.15) is 5.95 Å². The van der Waals surface area contributed by atoms with Crippen LogP contribution < -0.4 is 9.79 Å². The molecule has 8 heteroatoms. The average Bonchev–Trinajstić information content (AvgIpc) is 2.72. The van der Waals surface area contributed by atoms with Crippen molar-refractivity contribution in [3.8, 4) is 11.6 Å². The second-order valence-electron chi connectivity index (χ2n) is 3.56. The molecule has 1 aromatic carbocycles. The summed E-state index contributed by atoms with van der Waals surface area (Å²) in [7, 11) is -3.53. The van der Waals surface area contributed by atoms with Gasteiger partial charge in [-0.15, -0.1) is 0 Å². The van der Waals surface area contributed by atoms with E-state index in [4.69, 9.17) is 4.18 Å². The monoisotopic (exact) mass is 270 g/mol. The second kappa shape index (κ2) is 4.75. The number of hydrogen-bond acceptors (Lipinski definition) is 6. The van der Waals surface area contributed by atoms with Gasteiger partial charge in [-0.2, -0.15) is 8.42 Å². The zero-order valence-corrected chi connectivity index (χ0v) is 10.3. The highest BCUT2D eigenvalue weighted by Crippen LogP contribution is 2.11. The smallest absolute Gasteiger partial charge is 0.264 e. The highest BCUT2D eigenvalue weighted by molar-refractivity contribution is 7.85. The zero-order chi connectivity index (χ0) is 13.2. The molecule has 0 aliphatic heterocycles. The van der Waals surface area contributed by atoms with Crippen molar-refractivity contribution in [1.29, 1.82) is 0 Å². The fourth-order valence-electron chi connectivity index (χ4n) is 1.37. The molecule has 2 aromatic rings. The van der Waals surface area contributed by atoms with Crippen LogP contribution >= 0.6 is 0 Å². The fourth-order valence-corrected chi connectivity index (χ4v) is 1.71. The van der Waals surface area contributed by atoms with E-state index >= 15 is 0 Å². The molecular weight excluding hydrogens is 260 g/mol. The van der Waals surface area contributed by atoms with E-state index < -0.39 is 16.1 Å². The quantitative estimate of drug-likeness (QED) is 0.549. The Morgan fingerprint density at radius 3 is 2.78 bits per heavy atom. The molecule has 0 N–H and O–H groups in total. The van der Waals surface area contributed by atoms with Crippen molar-refractivity contribution in [2.45, 2.75) is 6.61 Å². The fraction of sp³-hybridized carbons (Fsp3) is 0.200. The zero-order valence-electron chi connectivity index (χ0n) is 9.44. The summed E-state index contributed by atoms with van der Waals surface area (Å²) in [5, 5.41) is 14.4. The molecule has 0 radical (unpaired) electrons. The Kier molecular flexibility index (Phi) is 3.30. The van der Waals surface area contributed by atoms with Crippen molar-refractivity contribution in [2.75, 3.05) is 6.26 Å². The molecular formula is C10H10N2O5S. The maximum atomic E-state index is 10.9. The van der Waals surface area contributed by atoms with E-state index in [0.717, 1.165) is 12.5 Å². The number of para-hydroxylation sites is 1. The molecule has 0 atom stereocenters. The molecule has 0 saturated heterocycles. The standard InChI is InChI=1S/C10H10N2O5S/c1-18(14,15)16-7-8-4-2-3-5-9(8)12-6-10(13)17-11-12/h2-6H,7H2,1H3. The summed E-state index contributed by atoms with van der Waals surface area (Å²) in [4.78, 5) is 0. The predicted molar refractivity (Wildman–Crippen MR) is 57.1 cm³/mol. The summed E-state index contributed by atoms with van der Waals surface area (Å²) in [6.45, 7) is -0.136. The van der Waals surface area contributed by atoms with Crippen molar-refractivity contribution < 1.29 is 26.9 Å². The first-order valence-corrected chi connectivity index (χ1v) is 6.76. The lowest BCUT2D eigenvalue weighted by atomic mass is 10.2. The van der Waals surface area contributed by atoms with Crippen LogP contribution in [0.2, 0.25) is 0 Å². The Balaban J connectivity index is 2.31. The molecule has 2 rings (SSSR count). The molecule has 7 nitrogen and oxygen atoms in total. The van der Waals surface area contributed by atoms with Gasteiger partial charge in [0.25, 0.3) is 10.1 Å². The second-order valence-corrected chi connectivity index (χ2v) is 5.20. The van der Waals surface area contributed by atoms with E-state index in [-0.39, 0.29) is 6.61 Å². The summed E-state index contributed by atoms with van der Waals surface area (Å²) in [5.74, 6) is -0.589. The van der Waals surface area contributed by atoms with Gasteiger partial charge in [-0.05, 0) is 10.7 Å². The summed E-state index contributed by atoms with van der Waals surface area (Å²) < 4.78 is 32.2. The molecule has 1 heterocycles. The molecule has 18 heavy (non-hydrogen) atoms. The van der Waals surface area contributed by atoms with Crippen LogP contribution in [-0.2, 0) is 20.9 Å². The van der Waals surface area contributed by atoms with Gasteiger partial charge in [0.05, 0.1) is 23.7 Å². The van der Waals surface area contributed by atoms with Crippen molar-refractivity contribution in [2.24, 2.45) is 0 Å². The van der Waals surface area contributed by atoms with E-state index in [2.05, 4.69) is 9.79 Å². The minimum atomic E-state index is -3.53. The van der Waals surface area contributed by atoms with Crippen molar-refractivity contribution >= 4 is 10.1 Å². The van der Waals surface area contributed by atoms with Gasteiger partial charge in [0.15, 0.2) is 0 Å². The highest BCUT2D eigenvalue weighted by Gasteiger charge is 2.16. The average molecular weight is 270 g/mol. The molecule has 0 bridgehead atoms. The minimum Gasteiger partial charge on any atom is -0.539 e. The van der Waals surface area contributed by atoms with Crippen molar-refractivity contribution in [1.82, 2.24) is 5.27 Å². The Morgan fingerprint density at radius 1 is 1.44 bits per heavy atom. The minimum absolute atomic E-state index is 0.136. The Bertz CT molecular complexity index is 650. The molecule has 96 valence electrons. The van der Waals surface area contributed by atoms with Crippen LogP contribution in [0.3, 0.4) is 0 Å². The van der Waals surface area contributed by atoms with Crippen LogP contribution in [-0.4, -0.2) is 19.9 Å².